The van der Waals surface area contributed by atoms with Crippen LogP contribution in [0.15, 0.2) is 30.3 Å². The monoisotopic (exact) mass is 247 g/mol. The van der Waals surface area contributed by atoms with Crippen molar-refractivity contribution in [2.75, 3.05) is 6.54 Å². The first kappa shape index (κ1) is 14.7. The van der Waals surface area contributed by atoms with Crippen LogP contribution in [0.5, 0.6) is 0 Å². The molecule has 0 saturated heterocycles. The second-order valence-electron chi connectivity index (χ2n) is 6.06. The van der Waals surface area contributed by atoms with Gasteiger partial charge in [0.2, 0.25) is 5.91 Å². The Bertz CT molecular complexity index is 364. The molecule has 0 fully saturated rings. The molecule has 0 spiro atoms. The van der Waals surface area contributed by atoms with Gasteiger partial charge < -0.3 is 5.32 Å². The molecule has 0 aliphatic carbocycles. The van der Waals surface area contributed by atoms with Crippen LogP contribution in [0, 0.1) is 11.3 Å². The van der Waals surface area contributed by atoms with Crippen molar-refractivity contribution in [3.63, 3.8) is 0 Å². The van der Waals surface area contributed by atoms with E-state index in [2.05, 4.69) is 45.1 Å². The van der Waals surface area contributed by atoms with E-state index < -0.39 is 0 Å². The molecule has 2 nitrogen and oxygen atoms in total. The molecule has 1 rings (SSSR count). The Morgan fingerprint density at radius 3 is 2.39 bits per heavy atom. The van der Waals surface area contributed by atoms with E-state index in [4.69, 9.17) is 0 Å². The minimum absolute atomic E-state index is 0.161. The zero-order chi connectivity index (χ0) is 13.6. The van der Waals surface area contributed by atoms with Crippen molar-refractivity contribution < 1.29 is 4.79 Å². The van der Waals surface area contributed by atoms with E-state index >= 15 is 0 Å². The number of nitrogens with one attached hydrogen (secondary N) is 1. The Morgan fingerprint density at radius 1 is 1.22 bits per heavy atom. The summed E-state index contributed by atoms with van der Waals surface area (Å²) < 4.78 is 0. The van der Waals surface area contributed by atoms with Crippen LogP contribution < -0.4 is 5.32 Å². The fourth-order valence-electron chi connectivity index (χ4n) is 1.65. The molecule has 1 amide bonds. The summed E-state index contributed by atoms with van der Waals surface area (Å²) in [5.41, 5.74) is 1.46. The lowest BCUT2D eigenvalue weighted by Crippen LogP contribution is -2.30. The van der Waals surface area contributed by atoms with Gasteiger partial charge in [0.15, 0.2) is 0 Å². The van der Waals surface area contributed by atoms with Gasteiger partial charge in [-0.25, -0.2) is 0 Å². The molecule has 0 radical (unpaired) electrons. The van der Waals surface area contributed by atoms with Gasteiger partial charge >= 0.3 is 0 Å². The number of carbonyl (C=O) groups is 1. The molecule has 2 heteroatoms. The zero-order valence-corrected chi connectivity index (χ0v) is 12.0. The first-order chi connectivity index (χ1) is 8.39. The Balaban J connectivity index is 2.26. The van der Waals surface area contributed by atoms with E-state index in [1.54, 1.807) is 0 Å². The Labute approximate surface area is 111 Å². The molecule has 0 saturated carbocycles. The topological polar surface area (TPSA) is 29.1 Å². The summed E-state index contributed by atoms with van der Waals surface area (Å²) in [6.07, 6.45) is 1.51. The third kappa shape index (κ3) is 5.35. The molecule has 0 aromatic heterocycles. The van der Waals surface area contributed by atoms with E-state index in [0.29, 0.717) is 12.3 Å². The summed E-state index contributed by atoms with van der Waals surface area (Å²) >= 11 is 0. The van der Waals surface area contributed by atoms with E-state index in [0.717, 1.165) is 13.0 Å². The molecular formula is C16H25NO. The lowest BCUT2D eigenvalue weighted by atomic mass is 9.80. The normalized spacial score (nSPS) is 13.1. The Hall–Kier alpha value is -1.31. The average molecular weight is 247 g/mol. The standard InChI is InChI=1S/C16H25NO/c1-13(16(2,3)4)12-15(18)17-11-10-14-8-6-5-7-9-14/h5-9,13H,10-12H2,1-4H3,(H,17,18)/t13-/m0/s1. The maximum atomic E-state index is 11.8. The van der Waals surface area contributed by atoms with Gasteiger partial charge in [-0.1, -0.05) is 58.0 Å². The Morgan fingerprint density at radius 2 is 1.83 bits per heavy atom. The predicted octanol–water partition coefficient (Wildman–Crippen LogP) is 3.42. The first-order valence-electron chi connectivity index (χ1n) is 6.70. The summed E-state index contributed by atoms with van der Waals surface area (Å²) in [4.78, 5) is 11.8. The van der Waals surface area contributed by atoms with Crippen LogP contribution >= 0.6 is 0 Å². The van der Waals surface area contributed by atoms with Crippen LogP contribution in [0.1, 0.15) is 39.7 Å². The number of amides is 1. The van der Waals surface area contributed by atoms with Gasteiger partial charge in [0.05, 0.1) is 0 Å². The highest BCUT2D eigenvalue weighted by Crippen LogP contribution is 2.27. The summed E-state index contributed by atoms with van der Waals surface area (Å²) in [5.74, 6) is 0.558. The SMILES string of the molecule is C[C@@H](CC(=O)NCCc1ccccc1)C(C)(C)C. The van der Waals surface area contributed by atoms with Crippen LogP contribution in [0.3, 0.4) is 0 Å². The Kier molecular flexibility index (Phi) is 5.39. The van der Waals surface area contributed by atoms with Crippen LogP contribution in [-0.2, 0) is 11.2 Å². The van der Waals surface area contributed by atoms with Gasteiger partial charge in [-0.05, 0) is 23.3 Å². The number of carbonyl (C=O) groups excluding carboxylic acids is 1. The van der Waals surface area contributed by atoms with Crippen LogP contribution in [0.4, 0.5) is 0 Å². The number of hydrogen-bond donors (Lipinski definition) is 1. The van der Waals surface area contributed by atoms with Gasteiger partial charge in [-0.3, -0.25) is 4.79 Å². The van der Waals surface area contributed by atoms with Crippen molar-refractivity contribution in [3.05, 3.63) is 35.9 Å². The van der Waals surface area contributed by atoms with E-state index in [-0.39, 0.29) is 11.3 Å². The van der Waals surface area contributed by atoms with Crippen LogP contribution in [-0.4, -0.2) is 12.5 Å². The molecule has 0 unspecified atom stereocenters. The van der Waals surface area contributed by atoms with Gasteiger partial charge in [0.1, 0.15) is 0 Å². The molecule has 18 heavy (non-hydrogen) atoms. The molecule has 1 aromatic carbocycles. The van der Waals surface area contributed by atoms with Crippen molar-refractivity contribution in [2.45, 2.75) is 40.5 Å². The second kappa shape index (κ2) is 6.58. The lowest BCUT2D eigenvalue weighted by molar-refractivity contribution is -0.122. The minimum atomic E-state index is 0.161. The summed E-state index contributed by atoms with van der Waals surface area (Å²) in [6.45, 7) is 9.38. The van der Waals surface area contributed by atoms with Crippen molar-refractivity contribution in [1.82, 2.24) is 5.32 Å². The summed E-state index contributed by atoms with van der Waals surface area (Å²) in [6, 6.07) is 10.2. The quantitative estimate of drug-likeness (QED) is 0.848. The molecule has 1 atom stereocenters. The molecule has 100 valence electrons. The molecule has 1 aromatic rings. The molecular weight excluding hydrogens is 222 g/mol. The number of rotatable bonds is 5. The summed E-state index contributed by atoms with van der Waals surface area (Å²) in [5, 5.41) is 3.00. The van der Waals surface area contributed by atoms with Crippen LogP contribution in [0.2, 0.25) is 0 Å². The highest BCUT2D eigenvalue weighted by molar-refractivity contribution is 5.76. The molecule has 0 aliphatic rings. The highest BCUT2D eigenvalue weighted by Gasteiger charge is 2.22. The number of hydrogen-bond acceptors (Lipinski definition) is 1. The van der Waals surface area contributed by atoms with Crippen molar-refractivity contribution in [3.8, 4) is 0 Å². The fourth-order valence-corrected chi connectivity index (χ4v) is 1.65. The predicted molar refractivity (Wildman–Crippen MR) is 76.4 cm³/mol. The van der Waals surface area contributed by atoms with Gasteiger partial charge in [-0.15, -0.1) is 0 Å². The molecule has 1 N–H and O–H groups in total. The lowest BCUT2D eigenvalue weighted by Gasteiger charge is -2.26. The highest BCUT2D eigenvalue weighted by atomic mass is 16.1. The first-order valence-corrected chi connectivity index (χ1v) is 6.70. The minimum Gasteiger partial charge on any atom is -0.356 e. The smallest absolute Gasteiger partial charge is 0.220 e. The fraction of sp³-hybridized carbons (Fsp3) is 0.562. The molecule has 0 heterocycles. The molecule has 0 aliphatic heterocycles. The van der Waals surface area contributed by atoms with E-state index in [1.165, 1.54) is 5.56 Å². The largest absolute Gasteiger partial charge is 0.356 e. The maximum Gasteiger partial charge on any atom is 0.220 e. The van der Waals surface area contributed by atoms with Gasteiger partial charge in [0.25, 0.3) is 0 Å². The van der Waals surface area contributed by atoms with E-state index in [9.17, 15) is 4.79 Å². The number of benzene rings is 1. The average Bonchev–Trinajstić information content (AvgIpc) is 2.29. The van der Waals surface area contributed by atoms with E-state index in [1.807, 2.05) is 18.2 Å². The van der Waals surface area contributed by atoms with Crippen molar-refractivity contribution in [1.29, 1.82) is 0 Å². The van der Waals surface area contributed by atoms with Crippen molar-refractivity contribution >= 4 is 5.91 Å². The maximum absolute atomic E-state index is 11.8. The van der Waals surface area contributed by atoms with Gasteiger partial charge in [-0.2, -0.15) is 0 Å². The zero-order valence-electron chi connectivity index (χ0n) is 12.0. The summed E-state index contributed by atoms with van der Waals surface area (Å²) in [7, 11) is 0. The second-order valence-corrected chi connectivity index (χ2v) is 6.06. The van der Waals surface area contributed by atoms with Crippen molar-refractivity contribution in [2.24, 2.45) is 11.3 Å². The third-order valence-electron chi connectivity index (χ3n) is 3.55. The van der Waals surface area contributed by atoms with Crippen LogP contribution in [0.25, 0.3) is 0 Å². The molecule has 0 bridgehead atoms. The third-order valence-corrected chi connectivity index (χ3v) is 3.55. The van der Waals surface area contributed by atoms with Gasteiger partial charge in [0, 0.05) is 13.0 Å².